The van der Waals surface area contributed by atoms with Crippen LogP contribution in [0.2, 0.25) is 10.0 Å². The van der Waals surface area contributed by atoms with Gasteiger partial charge >= 0.3 is 0 Å². The van der Waals surface area contributed by atoms with Crippen LogP contribution in [0.5, 0.6) is 0 Å². The zero-order valence-corrected chi connectivity index (χ0v) is 10.7. The van der Waals surface area contributed by atoms with Gasteiger partial charge in [0.15, 0.2) is 0 Å². The Hall–Kier alpha value is -0.240. The van der Waals surface area contributed by atoms with E-state index < -0.39 is 0 Å². The molecule has 1 N–H and O–H groups in total. The van der Waals surface area contributed by atoms with Crippen molar-refractivity contribution in [1.29, 1.82) is 0 Å². The van der Waals surface area contributed by atoms with E-state index in [4.69, 9.17) is 23.2 Å². The lowest BCUT2D eigenvalue weighted by Crippen LogP contribution is -2.20. The van der Waals surface area contributed by atoms with Crippen molar-refractivity contribution in [3.05, 3.63) is 33.8 Å². The van der Waals surface area contributed by atoms with Gasteiger partial charge in [0.2, 0.25) is 0 Å². The van der Waals surface area contributed by atoms with Crippen LogP contribution in [0.25, 0.3) is 0 Å². The van der Waals surface area contributed by atoms with E-state index in [1.165, 1.54) is 18.4 Å². The molecule has 84 valence electrons. The van der Waals surface area contributed by atoms with Crippen LogP contribution in [0.4, 0.5) is 0 Å². The van der Waals surface area contributed by atoms with Crippen LogP contribution in [-0.2, 0) is 6.42 Å². The number of benzene rings is 1. The Morgan fingerprint density at radius 2 is 2.00 bits per heavy atom. The summed E-state index contributed by atoms with van der Waals surface area (Å²) in [5.41, 5.74) is 1.26. The van der Waals surface area contributed by atoms with E-state index in [1.54, 1.807) is 0 Å². The molecule has 1 aromatic rings. The van der Waals surface area contributed by atoms with E-state index in [0.29, 0.717) is 16.1 Å². The summed E-state index contributed by atoms with van der Waals surface area (Å²) < 4.78 is 0. The van der Waals surface area contributed by atoms with Gasteiger partial charge in [-0.15, -0.1) is 0 Å². The quantitative estimate of drug-likeness (QED) is 0.830. The summed E-state index contributed by atoms with van der Waals surface area (Å²) in [6.07, 6.45) is 3.40. The Bertz CT molecular complexity index is 312. The summed E-state index contributed by atoms with van der Waals surface area (Å²) in [7, 11) is 1.99. The zero-order chi connectivity index (χ0) is 11.3. The van der Waals surface area contributed by atoms with Crippen LogP contribution in [0.1, 0.15) is 25.3 Å². The van der Waals surface area contributed by atoms with Gasteiger partial charge in [0.25, 0.3) is 0 Å². The molecule has 0 fully saturated rings. The third kappa shape index (κ3) is 4.42. The minimum absolute atomic E-state index is 0.577. The van der Waals surface area contributed by atoms with Crippen molar-refractivity contribution in [3.8, 4) is 0 Å². The maximum absolute atomic E-state index is 5.94. The average Bonchev–Trinajstić information content (AvgIpc) is 2.23. The van der Waals surface area contributed by atoms with Crippen molar-refractivity contribution in [1.82, 2.24) is 5.32 Å². The van der Waals surface area contributed by atoms with Crippen LogP contribution in [0.15, 0.2) is 18.2 Å². The van der Waals surface area contributed by atoms with E-state index >= 15 is 0 Å². The smallest absolute Gasteiger partial charge is 0.0595 e. The average molecular weight is 246 g/mol. The summed E-state index contributed by atoms with van der Waals surface area (Å²) in [6.45, 7) is 2.19. The Morgan fingerprint density at radius 3 is 2.60 bits per heavy atom. The first kappa shape index (κ1) is 12.8. The topological polar surface area (TPSA) is 12.0 Å². The molecule has 15 heavy (non-hydrogen) atoms. The van der Waals surface area contributed by atoms with E-state index in [2.05, 4.69) is 12.2 Å². The molecule has 0 bridgehead atoms. The van der Waals surface area contributed by atoms with Crippen molar-refractivity contribution in [2.75, 3.05) is 7.05 Å². The van der Waals surface area contributed by atoms with Crippen molar-refractivity contribution >= 4 is 23.2 Å². The second-order valence-electron chi connectivity index (χ2n) is 3.83. The zero-order valence-electron chi connectivity index (χ0n) is 9.19. The molecule has 0 spiro atoms. The van der Waals surface area contributed by atoms with Crippen molar-refractivity contribution in [2.24, 2.45) is 0 Å². The molecule has 0 saturated carbocycles. The maximum atomic E-state index is 5.94. The molecule has 0 aliphatic rings. The standard InChI is InChI=1S/C12H17Cl2N/c1-9(15-2)4-3-5-10-6-7-11(13)12(14)8-10/h6-9,15H,3-5H2,1-2H3. The van der Waals surface area contributed by atoms with E-state index in [-0.39, 0.29) is 0 Å². The highest BCUT2D eigenvalue weighted by Crippen LogP contribution is 2.23. The Morgan fingerprint density at radius 1 is 1.27 bits per heavy atom. The van der Waals surface area contributed by atoms with Crippen molar-refractivity contribution in [3.63, 3.8) is 0 Å². The molecule has 0 radical (unpaired) electrons. The molecule has 0 heterocycles. The fourth-order valence-corrected chi connectivity index (χ4v) is 1.77. The lowest BCUT2D eigenvalue weighted by atomic mass is 10.1. The molecule has 0 aromatic heterocycles. The molecule has 0 amide bonds. The molecule has 3 heteroatoms. The number of nitrogens with one attached hydrogen (secondary N) is 1. The summed E-state index contributed by atoms with van der Waals surface area (Å²) in [6, 6.07) is 6.43. The Kier molecular flexibility index (Phi) is 5.44. The Labute approximate surface area is 102 Å². The summed E-state index contributed by atoms with van der Waals surface area (Å²) in [5, 5.41) is 4.50. The van der Waals surface area contributed by atoms with Crippen LogP contribution in [-0.4, -0.2) is 13.1 Å². The van der Waals surface area contributed by atoms with Crippen molar-refractivity contribution in [2.45, 2.75) is 32.2 Å². The van der Waals surface area contributed by atoms with Gasteiger partial charge in [0.1, 0.15) is 0 Å². The summed E-state index contributed by atoms with van der Waals surface area (Å²) in [4.78, 5) is 0. The van der Waals surface area contributed by atoms with Gasteiger partial charge in [0, 0.05) is 6.04 Å². The van der Waals surface area contributed by atoms with E-state index in [0.717, 1.165) is 6.42 Å². The van der Waals surface area contributed by atoms with Crippen LogP contribution in [0, 0.1) is 0 Å². The first-order valence-corrected chi connectivity index (χ1v) is 6.00. The van der Waals surface area contributed by atoms with E-state index in [9.17, 15) is 0 Å². The van der Waals surface area contributed by atoms with Gasteiger partial charge in [-0.25, -0.2) is 0 Å². The highest BCUT2D eigenvalue weighted by atomic mass is 35.5. The number of halogens is 2. The Balaban J connectivity index is 2.41. The van der Waals surface area contributed by atoms with Gasteiger partial charge in [-0.2, -0.15) is 0 Å². The first-order chi connectivity index (χ1) is 7.13. The molecule has 1 rings (SSSR count). The molecule has 0 aliphatic carbocycles. The van der Waals surface area contributed by atoms with Crippen LogP contribution in [0.3, 0.4) is 0 Å². The van der Waals surface area contributed by atoms with Gasteiger partial charge in [-0.1, -0.05) is 29.3 Å². The number of aryl methyl sites for hydroxylation is 1. The minimum Gasteiger partial charge on any atom is -0.317 e. The lowest BCUT2D eigenvalue weighted by Gasteiger charge is -2.09. The van der Waals surface area contributed by atoms with Gasteiger partial charge < -0.3 is 5.32 Å². The number of hydrogen-bond donors (Lipinski definition) is 1. The van der Waals surface area contributed by atoms with Crippen molar-refractivity contribution < 1.29 is 0 Å². The fourth-order valence-electron chi connectivity index (χ4n) is 1.45. The third-order valence-electron chi connectivity index (χ3n) is 2.58. The molecular formula is C12H17Cl2N. The molecule has 1 nitrogen and oxygen atoms in total. The van der Waals surface area contributed by atoms with Gasteiger partial charge in [-0.3, -0.25) is 0 Å². The predicted molar refractivity (Wildman–Crippen MR) is 67.9 cm³/mol. The molecule has 1 aromatic carbocycles. The lowest BCUT2D eigenvalue weighted by molar-refractivity contribution is 0.542. The normalized spacial score (nSPS) is 12.8. The monoisotopic (exact) mass is 245 g/mol. The second kappa shape index (κ2) is 6.37. The summed E-state index contributed by atoms with van der Waals surface area (Å²) in [5.74, 6) is 0. The highest BCUT2D eigenvalue weighted by molar-refractivity contribution is 6.42. The molecule has 0 aliphatic heterocycles. The molecule has 0 saturated heterocycles. The number of rotatable bonds is 5. The minimum atomic E-state index is 0.577. The molecule has 1 atom stereocenters. The fraction of sp³-hybridized carbons (Fsp3) is 0.500. The SMILES string of the molecule is CNC(C)CCCc1ccc(Cl)c(Cl)c1. The summed E-state index contributed by atoms with van der Waals surface area (Å²) >= 11 is 11.8. The van der Waals surface area contributed by atoms with Crippen LogP contribution >= 0.6 is 23.2 Å². The molecule has 1 unspecified atom stereocenters. The third-order valence-corrected chi connectivity index (χ3v) is 3.32. The largest absolute Gasteiger partial charge is 0.317 e. The first-order valence-electron chi connectivity index (χ1n) is 5.24. The highest BCUT2D eigenvalue weighted by Gasteiger charge is 2.01. The van der Waals surface area contributed by atoms with Gasteiger partial charge in [0.05, 0.1) is 10.0 Å². The van der Waals surface area contributed by atoms with Gasteiger partial charge in [-0.05, 0) is 50.9 Å². The predicted octanol–water partition coefficient (Wildman–Crippen LogP) is 3.92. The van der Waals surface area contributed by atoms with E-state index in [1.807, 2.05) is 25.2 Å². The molecular weight excluding hydrogens is 229 g/mol. The maximum Gasteiger partial charge on any atom is 0.0595 e. The van der Waals surface area contributed by atoms with Crippen LogP contribution < -0.4 is 5.32 Å². The number of hydrogen-bond acceptors (Lipinski definition) is 1. The second-order valence-corrected chi connectivity index (χ2v) is 4.64.